The van der Waals surface area contributed by atoms with Gasteiger partial charge < -0.3 is 79.8 Å². The van der Waals surface area contributed by atoms with Crippen LogP contribution >= 0.6 is 11.6 Å². The number of hydrogen-bond donors (Lipinski definition) is 13. The van der Waals surface area contributed by atoms with Crippen LogP contribution in [0.25, 0.3) is 109 Å². The molecule has 0 saturated carbocycles. The van der Waals surface area contributed by atoms with E-state index in [1.165, 1.54) is 0 Å². The van der Waals surface area contributed by atoms with E-state index in [0.717, 1.165) is 104 Å². The molecule has 36 heteroatoms. The molecule has 0 spiro atoms. The van der Waals surface area contributed by atoms with Crippen LogP contribution in [-0.4, -0.2) is 182 Å². The SMILES string of the molecule is CN(C)CCCn1c(=O)c2c(C=O)[nH]nc2c2ccccc21.Cc1[nH]nc2c1c(=O)n(CCCN(C)C)c1ccccc21.N.N.N.N.NC(Cc1ccc(Cl)cc1)C(=O)NCCCn1c(=O)c2c(C=O)[nH]nc2c2ccccc21.NCCCn1c(=O)c2c(C=O)[nH]nc2c2ccccc21.NCCCn1c(=O)c2c(C=O)[nH]nc2c2ccccc21. The summed E-state index contributed by atoms with van der Waals surface area (Å²) in [6, 6.07) is 44.6. The topological polar surface area (TPSA) is 575 Å². The fourth-order valence-electron chi connectivity index (χ4n) is 14.3. The van der Waals surface area contributed by atoms with Crippen molar-refractivity contribution in [3.8, 4) is 0 Å². The maximum atomic E-state index is 13.1. The number of aromatic amines is 5. The molecule has 24 N–H and O–H groups in total. The first-order chi connectivity index (χ1) is 55.8. The molecule has 0 saturated heterocycles. The molecule has 0 aliphatic heterocycles. The number of pyridine rings is 5. The zero-order chi connectivity index (χ0) is 81.6. The molecule has 0 bridgehead atoms. The number of aryl methyl sites for hydroxylation is 6. The van der Waals surface area contributed by atoms with Gasteiger partial charge in [-0.1, -0.05) is 115 Å². The summed E-state index contributed by atoms with van der Waals surface area (Å²) in [5.41, 5.74) is 25.9. The van der Waals surface area contributed by atoms with E-state index in [4.69, 9.17) is 28.8 Å². The number of H-pyrrole nitrogens is 5. The van der Waals surface area contributed by atoms with Gasteiger partial charge in [0.1, 0.15) is 50.4 Å². The second-order valence-electron chi connectivity index (χ2n) is 28.0. The van der Waals surface area contributed by atoms with Gasteiger partial charge in [0, 0.05) is 76.9 Å². The molecular formula is C83H100ClN25O10. The number of fused-ring (bicyclic) bond motifs is 15. The van der Waals surface area contributed by atoms with Crippen molar-refractivity contribution in [2.24, 2.45) is 17.2 Å². The molecule has 16 aromatic rings. The Morgan fingerprint density at radius 1 is 0.412 bits per heavy atom. The molecule has 1 unspecified atom stereocenters. The average molecular weight is 1640 g/mol. The van der Waals surface area contributed by atoms with Gasteiger partial charge in [-0.05, 0) is 148 Å². The molecule has 119 heavy (non-hydrogen) atoms. The first-order valence-electron chi connectivity index (χ1n) is 37.5. The molecule has 6 aromatic carbocycles. The number of benzene rings is 6. The number of rotatable bonds is 25. The number of nitrogens with two attached hydrogens (primary N) is 3. The third-order valence-corrected chi connectivity index (χ3v) is 20.1. The molecule has 1 amide bonds. The van der Waals surface area contributed by atoms with Crippen molar-refractivity contribution in [1.29, 1.82) is 0 Å². The van der Waals surface area contributed by atoms with E-state index in [1.54, 1.807) is 30.4 Å². The zero-order valence-corrected chi connectivity index (χ0v) is 67.7. The maximum Gasteiger partial charge on any atom is 0.262 e. The van der Waals surface area contributed by atoms with Crippen molar-refractivity contribution in [2.75, 3.05) is 60.9 Å². The molecule has 10 aromatic heterocycles. The Bertz CT molecular complexity index is 6460. The fourth-order valence-corrected chi connectivity index (χ4v) is 14.4. The zero-order valence-electron chi connectivity index (χ0n) is 66.9. The van der Waals surface area contributed by atoms with Crippen LogP contribution in [0, 0.1) is 6.92 Å². The number of carbonyl (C=O) groups is 5. The Balaban J connectivity index is 0.000000186. The number of aldehydes is 4. The lowest BCUT2D eigenvalue weighted by Crippen LogP contribution is -2.42. The minimum Gasteiger partial charge on any atom is -0.355 e. The van der Waals surface area contributed by atoms with Gasteiger partial charge in [-0.3, -0.25) is 73.4 Å². The molecule has 10 heterocycles. The largest absolute Gasteiger partial charge is 0.355 e. The van der Waals surface area contributed by atoms with Gasteiger partial charge in [0.25, 0.3) is 27.8 Å². The lowest BCUT2D eigenvalue weighted by atomic mass is 10.1. The molecule has 0 radical (unpaired) electrons. The number of carbonyl (C=O) groups excluding carboxylic acids is 5. The van der Waals surface area contributed by atoms with Crippen LogP contribution in [0.2, 0.25) is 5.02 Å². The summed E-state index contributed by atoms with van der Waals surface area (Å²) in [6.45, 7) is 7.86. The molecular weight excluding hydrogens is 1540 g/mol. The highest BCUT2D eigenvalue weighted by Crippen LogP contribution is 2.28. The summed E-state index contributed by atoms with van der Waals surface area (Å²) in [5.74, 6) is -0.259. The van der Waals surface area contributed by atoms with Gasteiger partial charge in [0.15, 0.2) is 25.1 Å². The van der Waals surface area contributed by atoms with Crippen molar-refractivity contribution < 1.29 is 24.0 Å². The summed E-state index contributed by atoms with van der Waals surface area (Å²) in [4.78, 5) is 125. The van der Waals surface area contributed by atoms with Crippen LogP contribution < -0.4 is 74.9 Å². The molecule has 1 atom stereocenters. The number of amides is 1. The number of halogens is 1. The standard InChI is InChI=1S/C23H22ClN5O3.C16H18N4O2.C16H20N4O.2C14H14N4O2.4H3N/c24-15-8-6-14(7-9-15)12-17(25)22(31)26-10-3-11-29-19-5-2-1-4-16(19)21-20(23(29)32)18(13-30)27-28-21;1-19(2)8-5-9-20-13-7-4-3-6-11(13)15-14(16(20)22)12(10-21)17-18-15;1-11-14-15(18-17-11)12-7-4-5-8-13(12)20(16(14)21)10-6-9-19(2)3;2*15-6-3-7-18-11-5-2-1-4-9(11)13-12(14(18)20)10(8-19)16-17-13;;;;/h1-2,4-9,13,17H,3,10-12,25H2,(H,26,31)(H,27,28);3-4,6-7,10H,5,8-9H2,1-2H3,(H,17,18);4-5,7-8H,6,9-10H2,1-3H3,(H,17,18);2*1-2,4-5,8H,3,6-7,15H2,(H,16,17);4*1H3. The summed E-state index contributed by atoms with van der Waals surface area (Å²) in [7, 11) is 8.10. The highest BCUT2D eigenvalue weighted by Gasteiger charge is 2.23. The first-order valence-corrected chi connectivity index (χ1v) is 37.9. The van der Waals surface area contributed by atoms with E-state index in [-0.39, 0.29) is 86.5 Å². The minimum atomic E-state index is -0.683. The van der Waals surface area contributed by atoms with Crippen molar-refractivity contribution in [3.05, 3.63) is 236 Å². The van der Waals surface area contributed by atoms with Gasteiger partial charge in [-0.2, -0.15) is 25.5 Å². The van der Waals surface area contributed by atoms with Gasteiger partial charge >= 0.3 is 0 Å². The fraction of sp³-hybridized carbons (Fsp3) is 0.265. The van der Waals surface area contributed by atoms with E-state index >= 15 is 0 Å². The molecule has 0 aliphatic carbocycles. The Kier molecular flexibility index (Phi) is 31.9. The van der Waals surface area contributed by atoms with Crippen LogP contribution in [0.4, 0.5) is 0 Å². The normalized spacial score (nSPS) is 11.3. The van der Waals surface area contributed by atoms with E-state index in [2.05, 4.69) is 66.1 Å². The number of nitrogens with one attached hydrogen (secondary N) is 6. The average Bonchev–Trinajstić information content (AvgIpc) is 1.67. The second kappa shape index (κ2) is 41.6. The number of nitrogens with zero attached hydrogens (tertiary/aromatic N) is 12. The van der Waals surface area contributed by atoms with Crippen LogP contribution in [0.1, 0.15) is 85.3 Å². The van der Waals surface area contributed by atoms with Gasteiger partial charge in [0.05, 0.1) is 60.6 Å². The Hall–Kier alpha value is -13.2. The quantitative estimate of drug-likeness (QED) is 0.0187. The van der Waals surface area contributed by atoms with Gasteiger partial charge in [-0.25, -0.2) is 0 Å². The van der Waals surface area contributed by atoms with Crippen LogP contribution in [0.5, 0.6) is 0 Å². The minimum absolute atomic E-state index is 0. The molecule has 35 nitrogen and oxygen atoms in total. The van der Waals surface area contributed by atoms with Crippen molar-refractivity contribution in [3.63, 3.8) is 0 Å². The first kappa shape index (κ1) is 91.3. The van der Waals surface area contributed by atoms with E-state index in [1.807, 2.05) is 173 Å². The lowest BCUT2D eigenvalue weighted by molar-refractivity contribution is -0.122. The molecule has 16 rings (SSSR count). The Morgan fingerprint density at radius 3 is 0.975 bits per heavy atom. The van der Waals surface area contributed by atoms with Crippen LogP contribution in [0.3, 0.4) is 0 Å². The van der Waals surface area contributed by atoms with Crippen LogP contribution in [0.15, 0.2) is 170 Å². The molecule has 624 valence electrons. The third-order valence-electron chi connectivity index (χ3n) is 19.8. The van der Waals surface area contributed by atoms with Crippen molar-refractivity contribution >= 4 is 152 Å². The second-order valence-corrected chi connectivity index (χ2v) is 28.5. The van der Waals surface area contributed by atoms with Gasteiger partial charge in [0.2, 0.25) is 5.91 Å². The lowest BCUT2D eigenvalue weighted by Gasteiger charge is -2.14. The van der Waals surface area contributed by atoms with E-state index in [9.17, 15) is 47.9 Å². The predicted molar refractivity (Wildman–Crippen MR) is 470 cm³/mol. The number of para-hydroxylation sites is 5. The molecule has 0 fully saturated rings. The van der Waals surface area contributed by atoms with Crippen molar-refractivity contribution in [1.82, 2.24) is 114 Å². The summed E-state index contributed by atoms with van der Waals surface area (Å²) < 4.78 is 8.55. The maximum absolute atomic E-state index is 13.1. The van der Waals surface area contributed by atoms with Crippen molar-refractivity contribution in [2.45, 2.75) is 84.2 Å². The van der Waals surface area contributed by atoms with E-state index in [0.29, 0.717) is 145 Å². The Labute approximate surface area is 684 Å². The summed E-state index contributed by atoms with van der Waals surface area (Å²) in [5, 5.41) is 44.2. The monoisotopic (exact) mass is 1640 g/mol. The number of aromatic nitrogens is 15. The number of hydrogen-bond acceptors (Lipinski definition) is 24. The van der Waals surface area contributed by atoms with E-state index < -0.39 is 6.04 Å². The summed E-state index contributed by atoms with van der Waals surface area (Å²) in [6.07, 6.45) is 6.61. The summed E-state index contributed by atoms with van der Waals surface area (Å²) >= 11 is 5.88. The smallest absolute Gasteiger partial charge is 0.262 e. The van der Waals surface area contributed by atoms with Gasteiger partial charge in [-0.15, -0.1) is 0 Å². The third kappa shape index (κ3) is 19.3. The predicted octanol–water partition coefficient (Wildman–Crippen LogP) is 8.93. The Morgan fingerprint density at radius 2 is 0.681 bits per heavy atom. The highest BCUT2D eigenvalue weighted by molar-refractivity contribution is 6.30. The molecule has 0 aliphatic rings. The van der Waals surface area contributed by atoms with Crippen LogP contribution in [-0.2, 0) is 43.9 Å². The highest BCUT2D eigenvalue weighted by atomic mass is 35.5.